The van der Waals surface area contributed by atoms with Gasteiger partial charge >= 0.3 is 0 Å². The first-order valence-corrected chi connectivity index (χ1v) is 7.23. The number of carbonyl (C=O) groups is 1. The molecule has 1 amide bonds. The van der Waals surface area contributed by atoms with E-state index in [4.69, 9.17) is 0 Å². The Kier molecular flexibility index (Phi) is 4.97. The number of nitrogens with one attached hydrogen (secondary N) is 1. The zero-order valence-electron chi connectivity index (χ0n) is 11.9. The van der Waals surface area contributed by atoms with Crippen molar-refractivity contribution in [3.63, 3.8) is 0 Å². The summed E-state index contributed by atoms with van der Waals surface area (Å²) in [6, 6.07) is 11.1. The Balaban J connectivity index is 1.88. The van der Waals surface area contributed by atoms with Crippen LogP contribution in [-0.2, 0) is 11.2 Å². The van der Waals surface area contributed by atoms with Crippen molar-refractivity contribution in [2.24, 2.45) is 5.92 Å². The first kappa shape index (κ1) is 14.1. The highest BCUT2D eigenvalue weighted by molar-refractivity contribution is 5.78. The van der Waals surface area contributed by atoms with Gasteiger partial charge in [-0.05, 0) is 31.4 Å². The summed E-state index contributed by atoms with van der Waals surface area (Å²) in [7, 11) is 0. The number of likely N-dealkylation sites (N-methyl/N-ethyl adjacent to an activating group) is 1. The van der Waals surface area contributed by atoms with Crippen molar-refractivity contribution < 1.29 is 4.79 Å². The Morgan fingerprint density at radius 2 is 2.11 bits per heavy atom. The van der Waals surface area contributed by atoms with E-state index in [2.05, 4.69) is 54.4 Å². The van der Waals surface area contributed by atoms with E-state index in [-0.39, 0.29) is 5.91 Å². The molecule has 1 aliphatic rings. The highest BCUT2D eigenvalue weighted by atomic mass is 16.1. The molecule has 2 rings (SSSR count). The number of hydrogen-bond donors (Lipinski definition) is 1. The van der Waals surface area contributed by atoms with Gasteiger partial charge in [0.15, 0.2) is 0 Å². The Morgan fingerprint density at radius 1 is 1.37 bits per heavy atom. The van der Waals surface area contributed by atoms with Crippen molar-refractivity contribution in [1.82, 2.24) is 10.2 Å². The van der Waals surface area contributed by atoms with E-state index in [9.17, 15) is 4.79 Å². The first-order chi connectivity index (χ1) is 9.19. The van der Waals surface area contributed by atoms with Crippen LogP contribution in [0, 0.1) is 5.92 Å². The van der Waals surface area contributed by atoms with E-state index >= 15 is 0 Å². The maximum Gasteiger partial charge on any atom is 0.220 e. The third-order valence-corrected chi connectivity index (χ3v) is 3.96. The van der Waals surface area contributed by atoms with Gasteiger partial charge in [0.25, 0.3) is 0 Å². The second kappa shape index (κ2) is 6.71. The lowest BCUT2D eigenvalue weighted by Crippen LogP contribution is -2.38. The van der Waals surface area contributed by atoms with Crippen molar-refractivity contribution in [2.45, 2.75) is 32.7 Å². The predicted molar refractivity (Wildman–Crippen MR) is 78.0 cm³/mol. The molecule has 19 heavy (non-hydrogen) atoms. The highest BCUT2D eigenvalue weighted by Gasteiger charge is 2.24. The van der Waals surface area contributed by atoms with Gasteiger partial charge in [0.1, 0.15) is 0 Å². The molecule has 0 spiro atoms. The standard InChI is InChI=1S/C16H24N2O/c1-3-18(12-15-10-16(19)17-11-15)13(2)9-14-7-5-4-6-8-14/h4-8,13,15H,3,9-12H2,1-2H3,(H,17,19). The first-order valence-electron chi connectivity index (χ1n) is 7.23. The van der Waals surface area contributed by atoms with E-state index in [1.165, 1.54) is 5.56 Å². The van der Waals surface area contributed by atoms with Gasteiger partial charge in [0.05, 0.1) is 0 Å². The van der Waals surface area contributed by atoms with E-state index < -0.39 is 0 Å². The van der Waals surface area contributed by atoms with E-state index in [0.29, 0.717) is 18.4 Å². The molecule has 3 heteroatoms. The molecule has 104 valence electrons. The van der Waals surface area contributed by atoms with Gasteiger partial charge in [0.2, 0.25) is 5.91 Å². The molecule has 1 heterocycles. The second-order valence-electron chi connectivity index (χ2n) is 5.50. The van der Waals surface area contributed by atoms with Gasteiger partial charge in [-0.2, -0.15) is 0 Å². The molecule has 0 bridgehead atoms. The fourth-order valence-electron chi connectivity index (χ4n) is 2.83. The Bertz CT molecular complexity index is 404. The molecule has 0 radical (unpaired) electrons. The van der Waals surface area contributed by atoms with E-state index in [0.717, 1.165) is 26.1 Å². The van der Waals surface area contributed by atoms with Crippen LogP contribution in [0.5, 0.6) is 0 Å². The molecule has 1 saturated heterocycles. The molecule has 0 aromatic heterocycles. The average molecular weight is 260 g/mol. The van der Waals surface area contributed by atoms with Crippen molar-refractivity contribution >= 4 is 5.91 Å². The summed E-state index contributed by atoms with van der Waals surface area (Å²) >= 11 is 0. The summed E-state index contributed by atoms with van der Waals surface area (Å²) < 4.78 is 0. The van der Waals surface area contributed by atoms with Gasteiger partial charge in [0, 0.05) is 25.6 Å². The van der Waals surface area contributed by atoms with Gasteiger partial charge in [-0.15, -0.1) is 0 Å². The molecule has 0 saturated carbocycles. The van der Waals surface area contributed by atoms with Crippen LogP contribution in [0.25, 0.3) is 0 Å². The van der Waals surface area contributed by atoms with Crippen LogP contribution in [0.2, 0.25) is 0 Å². The van der Waals surface area contributed by atoms with Crippen LogP contribution in [-0.4, -0.2) is 36.5 Å². The lowest BCUT2D eigenvalue weighted by Gasteiger charge is -2.30. The topological polar surface area (TPSA) is 32.3 Å². The van der Waals surface area contributed by atoms with Gasteiger partial charge < -0.3 is 10.2 Å². The summed E-state index contributed by atoms with van der Waals surface area (Å²) in [5.41, 5.74) is 1.38. The second-order valence-corrected chi connectivity index (χ2v) is 5.50. The van der Waals surface area contributed by atoms with Crippen LogP contribution >= 0.6 is 0 Å². The lowest BCUT2D eigenvalue weighted by molar-refractivity contribution is -0.119. The molecular weight excluding hydrogens is 236 g/mol. The van der Waals surface area contributed by atoms with E-state index in [1.54, 1.807) is 0 Å². The largest absolute Gasteiger partial charge is 0.356 e. The Labute approximate surface area is 116 Å². The minimum atomic E-state index is 0.205. The number of nitrogens with zero attached hydrogens (tertiary/aromatic N) is 1. The molecule has 2 atom stereocenters. The molecule has 1 aromatic rings. The number of benzene rings is 1. The number of amides is 1. The Morgan fingerprint density at radius 3 is 2.68 bits per heavy atom. The van der Waals surface area contributed by atoms with Crippen LogP contribution in [0.3, 0.4) is 0 Å². The fraction of sp³-hybridized carbons (Fsp3) is 0.562. The molecule has 1 aromatic carbocycles. The van der Waals surface area contributed by atoms with Crippen molar-refractivity contribution in [3.8, 4) is 0 Å². The molecule has 3 nitrogen and oxygen atoms in total. The van der Waals surface area contributed by atoms with E-state index in [1.807, 2.05) is 0 Å². The maximum atomic E-state index is 11.3. The number of rotatable bonds is 6. The number of carbonyl (C=O) groups excluding carboxylic acids is 1. The summed E-state index contributed by atoms with van der Waals surface area (Å²) in [5.74, 6) is 0.683. The Hall–Kier alpha value is -1.35. The highest BCUT2D eigenvalue weighted by Crippen LogP contribution is 2.15. The summed E-state index contributed by atoms with van der Waals surface area (Å²) in [6.07, 6.45) is 1.76. The monoisotopic (exact) mass is 260 g/mol. The average Bonchev–Trinajstić information content (AvgIpc) is 2.82. The third-order valence-electron chi connectivity index (χ3n) is 3.96. The van der Waals surface area contributed by atoms with Gasteiger partial charge in [-0.25, -0.2) is 0 Å². The SMILES string of the molecule is CCN(CC1CNC(=O)C1)C(C)Cc1ccccc1. The van der Waals surface area contributed by atoms with Gasteiger partial charge in [-0.3, -0.25) is 4.79 Å². The summed E-state index contributed by atoms with van der Waals surface area (Å²) in [5, 5.41) is 2.92. The molecule has 1 N–H and O–H groups in total. The zero-order valence-corrected chi connectivity index (χ0v) is 11.9. The smallest absolute Gasteiger partial charge is 0.220 e. The quantitative estimate of drug-likeness (QED) is 0.849. The molecule has 1 aliphatic heterocycles. The fourth-order valence-corrected chi connectivity index (χ4v) is 2.83. The van der Waals surface area contributed by atoms with Crippen molar-refractivity contribution in [2.75, 3.05) is 19.6 Å². The number of hydrogen-bond acceptors (Lipinski definition) is 2. The van der Waals surface area contributed by atoms with Crippen LogP contribution in [0.1, 0.15) is 25.8 Å². The summed E-state index contributed by atoms with van der Waals surface area (Å²) in [4.78, 5) is 13.7. The van der Waals surface area contributed by atoms with Crippen LogP contribution < -0.4 is 5.32 Å². The lowest BCUT2D eigenvalue weighted by atomic mass is 10.0. The van der Waals surface area contributed by atoms with Crippen LogP contribution in [0.4, 0.5) is 0 Å². The third kappa shape index (κ3) is 4.06. The van der Waals surface area contributed by atoms with Crippen molar-refractivity contribution in [1.29, 1.82) is 0 Å². The minimum absolute atomic E-state index is 0.205. The van der Waals surface area contributed by atoms with Crippen molar-refractivity contribution in [3.05, 3.63) is 35.9 Å². The van der Waals surface area contributed by atoms with Gasteiger partial charge in [-0.1, -0.05) is 37.3 Å². The molecule has 2 unspecified atom stereocenters. The predicted octanol–water partition coefficient (Wildman–Crippen LogP) is 2.08. The molecule has 0 aliphatic carbocycles. The minimum Gasteiger partial charge on any atom is -0.356 e. The normalized spacial score (nSPS) is 20.6. The summed E-state index contributed by atoms with van der Waals surface area (Å²) in [6.45, 7) is 7.38. The zero-order chi connectivity index (χ0) is 13.7. The maximum absolute atomic E-state index is 11.3. The van der Waals surface area contributed by atoms with Crippen LogP contribution in [0.15, 0.2) is 30.3 Å². The molecular formula is C16H24N2O. The molecule has 1 fully saturated rings.